The molecule has 0 radical (unpaired) electrons. The number of nitrogen functional groups attached to an aromatic ring is 1. The Kier molecular flexibility index (Phi) is 2.88. The van der Waals surface area contributed by atoms with Crippen molar-refractivity contribution in [3.8, 4) is 0 Å². The Labute approximate surface area is 77.7 Å². The quantitative estimate of drug-likeness (QED) is 0.688. The summed E-state index contributed by atoms with van der Waals surface area (Å²) in [7, 11) is 0. The summed E-state index contributed by atoms with van der Waals surface area (Å²) in [4.78, 5) is 0. The second-order valence-corrected chi connectivity index (χ2v) is 3.24. The minimum atomic E-state index is -0.273. The zero-order valence-corrected chi connectivity index (χ0v) is 7.97. The Balaban J connectivity index is 3.20. The maximum Gasteiger partial charge on any atom is 0.123 e. The predicted molar refractivity (Wildman–Crippen MR) is 52.8 cm³/mol. The van der Waals surface area contributed by atoms with Gasteiger partial charge in [-0.2, -0.15) is 0 Å². The van der Waals surface area contributed by atoms with Gasteiger partial charge < -0.3 is 11.5 Å². The van der Waals surface area contributed by atoms with Gasteiger partial charge in [-0.1, -0.05) is 6.92 Å². The molecule has 0 saturated carbocycles. The zero-order valence-electron chi connectivity index (χ0n) is 7.97. The third-order valence-electron chi connectivity index (χ3n) is 2.22. The molecule has 4 N–H and O–H groups in total. The molecular formula is C10H15FN2. The Hall–Kier alpha value is -1.09. The highest BCUT2D eigenvalue weighted by molar-refractivity contribution is 5.54. The normalized spacial score (nSPS) is 12.9. The van der Waals surface area contributed by atoms with Crippen LogP contribution in [0.5, 0.6) is 0 Å². The molecule has 13 heavy (non-hydrogen) atoms. The van der Waals surface area contributed by atoms with E-state index in [0.717, 1.165) is 12.0 Å². The fraction of sp³-hybridized carbons (Fsp3) is 0.400. The average Bonchev–Trinajstić information content (AvgIpc) is 2.10. The second kappa shape index (κ2) is 3.75. The summed E-state index contributed by atoms with van der Waals surface area (Å²) in [5, 5.41) is 0. The Morgan fingerprint density at radius 1 is 1.46 bits per heavy atom. The van der Waals surface area contributed by atoms with Gasteiger partial charge in [0.25, 0.3) is 0 Å². The van der Waals surface area contributed by atoms with Crippen LogP contribution in [0.15, 0.2) is 12.1 Å². The molecule has 3 heteroatoms. The van der Waals surface area contributed by atoms with Gasteiger partial charge in [0.15, 0.2) is 0 Å². The molecule has 0 aromatic heterocycles. The maximum absolute atomic E-state index is 13.0. The van der Waals surface area contributed by atoms with Crippen LogP contribution in [-0.2, 0) is 0 Å². The average molecular weight is 182 g/mol. The number of hydrogen-bond acceptors (Lipinski definition) is 2. The Morgan fingerprint density at radius 3 is 2.62 bits per heavy atom. The lowest BCUT2D eigenvalue weighted by Gasteiger charge is -2.14. The van der Waals surface area contributed by atoms with Crippen molar-refractivity contribution in [1.82, 2.24) is 0 Å². The molecule has 0 spiro atoms. The Morgan fingerprint density at radius 2 is 2.08 bits per heavy atom. The molecule has 1 aromatic rings. The van der Waals surface area contributed by atoms with Gasteiger partial charge in [-0.25, -0.2) is 4.39 Å². The number of benzene rings is 1. The zero-order chi connectivity index (χ0) is 10.0. The summed E-state index contributed by atoms with van der Waals surface area (Å²) in [6, 6.07) is 2.66. The monoisotopic (exact) mass is 182 g/mol. The van der Waals surface area contributed by atoms with E-state index in [4.69, 9.17) is 11.5 Å². The number of anilines is 1. The van der Waals surface area contributed by atoms with Crippen molar-refractivity contribution in [3.63, 3.8) is 0 Å². The van der Waals surface area contributed by atoms with Crippen molar-refractivity contribution in [2.75, 3.05) is 5.73 Å². The van der Waals surface area contributed by atoms with E-state index in [1.54, 1.807) is 6.92 Å². The van der Waals surface area contributed by atoms with Gasteiger partial charge in [-0.3, -0.25) is 0 Å². The van der Waals surface area contributed by atoms with Crippen molar-refractivity contribution in [1.29, 1.82) is 0 Å². The summed E-state index contributed by atoms with van der Waals surface area (Å²) in [5.74, 6) is -0.273. The van der Waals surface area contributed by atoms with Gasteiger partial charge >= 0.3 is 0 Å². The van der Waals surface area contributed by atoms with Gasteiger partial charge in [-0.15, -0.1) is 0 Å². The lowest BCUT2D eigenvalue weighted by Crippen LogP contribution is -2.12. The van der Waals surface area contributed by atoms with Crippen LogP contribution >= 0.6 is 0 Å². The number of rotatable bonds is 2. The fourth-order valence-corrected chi connectivity index (χ4v) is 1.31. The molecule has 0 fully saturated rings. The summed E-state index contributed by atoms with van der Waals surface area (Å²) >= 11 is 0. The summed E-state index contributed by atoms with van der Waals surface area (Å²) in [6.45, 7) is 3.73. The number of nitrogens with two attached hydrogens (primary N) is 2. The minimum Gasteiger partial charge on any atom is -0.398 e. The highest BCUT2D eigenvalue weighted by Gasteiger charge is 2.10. The number of halogens is 1. The van der Waals surface area contributed by atoms with Crippen LogP contribution in [0.1, 0.15) is 30.5 Å². The van der Waals surface area contributed by atoms with E-state index in [-0.39, 0.29) is 11.9 Å². The minimum absolute atomic E-state index is 0.172. The summed E-state index contributed by atoms with van der Waals surface area (Å²) < 4.78 is 13.0. The molecule has 1 atom stereocenters. The van der Waals surface area contributed by atoms with Crippen LogP contribution in [0.25, 0.3) is 0 Å². The van der Waals surface area contributed by atoms with E-state index >= 15 is 0 Å². The smallest absolute Gasteiger partial charge is 0.123 e. The van der Waals surface area contributed by atoms with Crippen LogP contribution in [0.4, 0.5) is 10.1 Å². The first-order valence-corrected chi connectivity index (χ1v) is 4.37. The molecule has 0 bridgehead atoms. The summed E-state index contributed by atoms with van der Waals surface area (Å²) in [5.41, 5.74) is 13.6. The van der Waals surface area contributed by atoms with Crippen molar-refractivity contribution >= 4 is 5.69 Å². The predicted octanol–water partition coefficient (Wildman–Crippen LogP) is 2.13. The van der Waals surface area contributed by atoms with Crippen molar-refractivity contribution in [2.24, 2.45) is 5.73 Å². The van der Waals surface area contributed by atoms with E-state index in [0.29, 0.717) is 11.3 Å². The molecule has 72 valence electrons. The molecule has 1 aromatic carbocycles. The van der Waals surface area contributed by atoms with E-state index in [9.17, 15) is 4.39 Å². The van der Waals surface area contributed by atoms with Gasteiger partial charge in [-0.05, 0) is 36.6 Å². The van der Waals surface area contributed by atoms with Crippen LogP contribution in [0, 0.1) is 12.7 Å². The van der Waals surface area contributed by atoms with E-state index in [1.807, 2.05) is 6.92 Å². The molecule has 0 amide bonds. The SMILES string of the molecule is CCC(N)c1cc(F)cc(C)c1N. The van der Waals surface area contributed by atoms with Crippen molar-refractivity contribution < 1.29 is 4.39 Å². The molecule has 2 nitrogen and oxygen atoms in total. The van der Waals surface area contributed by atoms with Crippen molar-refractivity contribution in [3.05, 3.63) is 29.1 Å². The van der Waals surface area contributed by atoms with Crippen molar-refractivity contribution in [2.45, 2.75) is 26.3 Å². The molecule has 0 aliphatic carbocycles. The van der Waals surface area contributed by atoms with Gasteiger partial charge in [0.05, 0.1) is 0 Å². The first-order chi connectivity index (χ1) is 6.06. The lowest BCUT2D eigenvalue weighted by molar-refractivity contribution is 0.616. The van der Waals surface area contributed by atoms with E-state index in [2.05, 4.69) is 0 Å². The van der Waals surface area contributed by atoms with E-state index in [1.165, 1.54) is 12.1 Å². The third kappa shape index (κ3) is 1.98. The molecular weight excluding hydrogens is 167 g/mol. The molecule has 0 aliphatic heterocycles. The molecule has 0 heterocycles. The largest absolute Gasteiger partial charge is 0.398 e. The summed E-state index contributed by atoms with van der Waals surface area (Å²) in [6.07, 6.45) is 0.757. The highest BCUT2D eigenvalue weighted by atomic mass is 19.1. The maximum atomic E-state index is 13.0. The Bertz CT molecular complexity index is 310. The second-order valence-electron chi connectivity index (χ2n) is 3.24. The van der Waals surface area contributed by atoms with Gasteiger partial charge in [0.2, 0.25) is 0 Å². The fourth-order valence-electron chi connectivity index (χ4n) is 1.31. The number of hydrogen-bond donors (Lipinski definition) is 2. The van der Waals surface area contributed by atoms with Crippen LogP contribution in [0.2, 0.25) is 0 Å². The first-order valence-electron chi connectivity index (χ1n) is 4.37. The third-order valence-corrected chi connectivity index (χ3v) is 2.22. The number of aryl methyl sites for hydroxylation is 1. The van der Waals surface area contributed by atoms with E-state index < -0.39 is 0 Å². The molecule has 0 saturated heterocycles. The van der Waals surface area contributed by atoms with Gasteiger partial charge in [0, 0.05) is 11.7 Å². The topological polar surface area (TPSA) is 52.0 Å². The van der Waals surface area contributed by atoms with Crippen LogP contribution < -0.4 is 11.5 Å². The first kappa shape index (κ1) is 9.99. The van der Waals surface area contributed by atoms with Crippen LogP contribution in [0.3, 0.4) is 0 Å². The molecule has 0 aliphatic rings. The lowest BCUT2D eigenvalue weighted by atomic mass is 10.0. The molecule has 1 rings (SSSR count). The van der Waals surface area contributed by atoms with Gasteiger partial charge in [0.1, 0.15) is 5.82 Å². The van der Waals surface area contributed by atoms with Crippen LogP contribution in [-0.4, -0.2) is 0 Å². The molecule has 1 unspecified atom stereocenters. The standard InChI is InChI=1S/C10H15FN2/c1-3-9(12)8-5-7(11)4-6(2)10(8)13/h4-5,9H,3,12-13H2,1-2H3. The highest BCUT2D eigenvalue weighted by Crippen LogP contribution is 2.25.